The van der Waals surface area contributed by atoms with Crippen molar-refractivity contribution < 1.29 is 22.9 Å². The number of nitro groups is 1. The van der Waals surface area contributed by atoms with Crippen molar-refractivity contribution in [2.75, 3.05) is 20.2 Å². The van der Waals surface area contributed by atoms with Crippen LogP contribution >= 0.6 is 0 Å². The standard InChI is InChI=1S/C17H25N3O6S/c1-12(2)16(17(21)26-3)19(13-8-10-18-11-9-13)27(24,25)15-6-4-14(5-7-15)20(22)23/h4-7,12-13,16,18H,8-11H2,1-3H3. The highest BCUT2D eigenvalue weighted by molar-refractivity contribution is 7.89. The summed E-state index contributed by atoms with van der Waals surface area (Å²) in [5, 5.41) is 14.0. The van der Waals surface area contributed by atoms with E-state index in [9.17, 15) is 23.3 Å². The van der Waals surface area contributed by atoms with Gasteiger partial charge in [-0.3, -0.25) is 14.9 Å². The minimum Gasteiger partial charge on any atom is -0.468 e. The third-order valence-electron chi connectivity index (χ3n) is 4.64. The third kappa shape index (κ3) is 4.63. The molecule has 0 radical (unpaired) electrons. The van der Waals surface area contributed by atoms with Gasteiger partial charge in [0.2, 0.25) is 10.0 Å². The van der Waals surface area contributed by atoms with E-state index in [0.717, 1.165) is 12.1 Å². The molecule has 0 saturated carbocycles. The minimum absolute atomic E-state index is 0.0822. The maximum absolute atomic E-state index is 13.4. The molecule has 150 valence electrons. The number of nitrogens with zero attached hydrogens (tertiary/aromatic N) is 2. The van der Waals surface area contributed by atoms with Gasteiger partial charge in [-0.1, -0.05) is 13.8 Å². The highest BCUT2D eigenvalue weighted by Crippen LogP contribution is 2.29. The van der Waals surface area contributed by atoms with E-state index >= 15 is 0 Å². The number of ether oxygens (including phenoxy) is 1. The molecule has 1 aromatic carbocycles. The molecule has 1 heterocycles. The fourth-order valence-electron chi connectivity index (χ4n) is 3.29. The Kier molecular flexibility index (Phi) is 6.90. The summed E-state index contributed by atoms with van der Waals surface area (Å²) in [5.74, 6) is -0.922. The molecule has 0 spiro atoms. The van der Waals surface area contributed by atoms with E-state index < -0.39 is 27.0 Å². The van der Waals surface area contributed by atoms with Crippen molar-refractivity contribution in [1.82, 2.24) is 9.62 Å². The summed E-state index contributed by atoms with van der Waals surface area (Å²) >= 11 is 0. The number of esters is 1. The van der Waals surface area contributed by atoms with Crippen LogP contribution in [0.2, 0.25) is 0 Å². The molecule has 1 N–H and O–H groups in total. The van der Waals surface area contributed by atoms with Crippen LogP contribution in [0, 0.1) is 16.0 Å². The van der Waals surface area contributed by atoms with Crippen LogP contribution in [0.5, 0.6) is 0 Å². The highest BCUT2D eigenvalue weighted by Gasteiger charge is 2.43. The molecule has 0 bridgehead atoms. The quantitative estimate of drug-likeness (QED) is 0.419. The van der Waals surface area contributed by atoms with Crippen LogP contribution < -0.4 is 5.32 Å². The molecular formula is C17H25N3O6S. The fourth-order valence-corrected chi connectivity index (χ4v) is 5.24. The Labute approximate surface area is 158 Å². The maximum atomic E-state index is 13.4. The summed E-state index contributed by atoms with van der Waals surface area (Å²) in [7, 11) is -2.83. The van der Waals surface area contributed by atoms with E-state index in [1.54, 1.807) is 13.8 Å². The first kappa shape index (κ1) is 21.3. The number of nitro benzene ring substituents is 1. The van der Waals surface area contributed by atoms with Crippen molar-refractivity contribution in [3.8, 4) is 0 Å². The number of non-ortho nitro benzene ring substituents is 1. The first-order valence-electron chi connectivity index (χ1n) is 8.76. The molecule has 10 heteroatoms. The Balaban J connectivity index is 2.52. The predicted octanol–water partition coefficient (Wildman–Crippen LogP) is 1.54. The molecule has 1 saturated heterocycles. The zero-order chi connectivity index (χ0) is 20.2. The lowest BCUT2D eigenvalue weighted by molar-refractivity contribution is -0.384. The Morgan fingerprint density at radius 2 is 1.81 bits per heavy atom. The Bertz CT molecular complexity index is 772. The molecule has 1 aliphatic heterocycles. The van der Waals surface area contributed by atoms with Gasteiger partial charge in [0, 0.05) is 18.2 Å². The van der Waals surface area contributed by atoms with Crippen molar-refractivity contribution in [3.63, 3.8) is 0 Å². The largest absolute Gasteiger partial charge is 0.468 e. The molecule has 1 aromatic rings. The van der Waals surface area contributed by atoms with Crippen molar-refractivity contribution >= 4 is 21.7 Å². The third-order valence-corrected chi connectivity index (χ3v) is 6.59. The van der Waals surface area contributed by atoms with Gasteiger partial charge in [0.25, 0.3) is 5.69 Å². The van der Waals surface area contributed by atoms with Crippen molar-refractivity contribution in [2.45, 2.75) is 43.7 Å². The number of benzene rings is 1. The van der Waals surface area contributed by atoms with Gasteiger partial charge in [-0.15, -0.1) is 0 Å². The lowest BCUT2D eigenvalue weighted by atomic mass is 10.00. The second kappa shape index (κ2) is 8.77. The first-order valence-corrected chi connectivity index (χ1v) is 10.2. The van der Waals surface area contributed by atoms with E-state index in [-0.39, 0.29) is 22.5 Å². The van der Waals surface area contributed by atoms with Crippen LogP contribution in [-0.4, -0.2) is 55.9 Å². The number of carbonyl (C=O) groups is 1. The lowest BCUT2D eigenvalue weighted by Crippen LogP contribution is -2.55. The molecule has 0 amide bonds. The van der Waals surface area contributed by atoms with Gasteiger partial charge in [-0.25, -0.2) is 8.42 Å². The van der Waals surface area contributed by atoms with E-state index in [4.69, 9.17) is 4.74 Å². The predicted molar refractivity (Wildman–Crippen MR) is 98.7 cm³/mol. The van der Waals surface area contributed by atoms with Crippen LogP contribution in [0.25, 0.3) is 0 Å². The minimum atomic E-state index is -4.06. The zero-order valence-corrected chi connectivity index (χ0v) is 16.4. The van der Waals surface area contributed by atoms with E-state index in [1.165, 1.54) is 23.5 Å². The SMILES string of the molecule is COC(=O)C(C(C)C)N(C1CCNCC1)S(=O)(=O)c1ccc([N+](=O)[O-])cc1. The van der Waals surface area contributed by atoms with Crippen LogP contribution in [-0.2, 0) is 19.6 Å². The molecular weight excluding hydrogens is 374 g/mol. The topological polar surface area (TPSA) is 119 Å². The number of rotatable bonds is 7. The molecule has 1 unspecified atom stereocenters. The number of hydrogen-bond donors (Lipinski definition) is 1. The monoisotopic (exact) mass is 399 g/mol. The molecule has 0 aliphatic carbocycles. The summed E-state index contributed by atoms with van der Waals surface area (Å²) < 4.78 is 32.9. The molecule has 2 rings (SSSR count). The highest BCUT2D eigenvalue weighted by atomic mass is 32.2. The summed E-state index contributed by atoms with van der Waals surface area (Å²) in [5.41, 5.74) is -0.198. The number of hydrogen-bond acceptors (Lipinski definition) is 7. The van der Waals surface area contributed by atoms with E-state index in [0.29, 0.717) is 25.9 Å². The Morgan fingerprint density at radius 3 is 2.26 bits per heavy atom. The molecule has 9 nitrogen and oxygen atoms in total. The summed E-state index contributed by atoms with van der Waals surface area (Å²) in [6.45, 7) is 4.81. The number of sulfonamides is 1. The average molecular weight is 399 g/mol. The van der Waals surface area contributed by atoms with Crippen LogP contribution in [0.4, 0.5) is 5.69 Å². The van der Waals surface area contributed by atoms with E-state index in [1.807, 2.05) is 0 Å². The summed E-state index contributed by atoms with van der Waals surface area (Å²) in [6.07, 6.45) is 1.12. The number of piperidine rings is 1. The van der Waals surface area contributed by atoms with Gasteiger partial charge in [0.15, 0.2) is 0 Å². The molecule has 1 fully saturated rings. The van der Waals surface area contributed by atoms with Gasteiger partial charge in [-0.05, 0) is 44.0 Å². The van der Waals surface area contributed by atoms with Crippen molar-refractivity contribution in [1.29, 1.82) is 0 Å². The lowest BCUT2D eigenvalue weighted by Gasteiger charge is -2.39. The number of methoxy groups -OCH3 is 1. The normalized spacial score (nSPS) is 17.1. The fraction of sp³-hybridized carbons (Fsp3) is 0.588. The average Bonchev–Trinajstić information content (AvgIpc) is 2.65. The van der Waals surface area contributed by atoms with Crippen LogP contribution in [0.3, 0.4) is 0 Å². The second-order valence-corrected chi connectivity index (χ2v) is 8.62. The molecule has 1 atom stereocenters. The second-order valence-electron chi connectivity index (χ2n) is 6.78. The Morgan fingerprint density at radius 1 is 1.26 bits per heavy atom. The van der Waals surface area contributed by atoms with Gasteiger partial charge in [-0.2, -0.15) is 4.31 Å². The van der Waals surface area contributed by atoms with Gasteiger partial charge < -0.3 is 10.1 Å². The van der Waals surface area contributed by atoms with Gasteiger partial charge in [0.05, 0.1) is 16.9 Å². The van der Waals surface area contributed by atoms with Crippen LogP contribution in [0.1, 0.15) is 26.7 Å². The number of carbonyl (C=O) groups excluding carboxylic acids is 1. The molecule has 1 aliphatic rings. The molecule has 27 heavy (non-hydrogen) atoms. The van der Waals surface area contributed by atoms with Gasteiger partial charge >= 0.3 is 5.97 Å². The smallest absolute Gasteiger partial charge is 0.324 e. The summed E-state index contributed by atoms with van der Waals surface area (Å²) in [4.78, 5) is 22.6. The zero-order valence-electron chi connectivity index (χ0n) is 15.6. The molecule has 0 aromatic heterocycles. The van der Waals surface area contributed by atoms with Crippen LogP contribution in [0.15, 0.2) is 29.2 Å². The number of nitrogens with one attached hydrogen (secondary N) is 1. The Hall–Kier alpha value is -2.04. The van der Waals surface area contributed by atoms with Crippen molar-refractivity contribution in [2.24, 2.45) is 5.92 Å². The van der Waals surface area contributed by atoms with E-state index in [2.05, 4.69) is 5.32 Å². The summed E-state index contributed by atoms with van der Waals surface area (Å²) in [6, 6.07) is 3.37. The maximum Gasteiger partial charge on any atom is 0.324 e. The van der Waals surface area contributed by atoms with Gasteiger partial charge in [0.1, 0.15) is 6.04 Å². The first-order chi connectivity index (χ1) is 12.7. The van der Waals surface area contributed by atoms with Crippen molar-refractivity contribution in [3.05, 3.63) is 34.4 Å².